The first-order valence-electron chi connectivity index (χ1n) is 9.44. The molecule has 1 aliphatic rings. The summed E-state index contributed by atoms with van der Waals surface area (Å²) >= 11 is 1.52. The molecular weight excluding hydrogens is 374 g/mol. The van der Waals surface area contributed by atoms with E-state index in [0.717, 1.165) is 58.2 Å². The quantitative estimate of drug-likeness (QED) is 0.632. The van der Waals surface area contributed by atoms with Crippen molar-refractivity contribution in [2.24, 2.45) is 0 Å². The standard InChI is InChI=1S/C20H23N5O2S/c1-13-23-24-20(28-13)18-4-3-14-11-21-15(10-19(14)22-18)9-16(26)12-25-7-5-17(27-2)6-8-25/h3-4,10-11,17H,5-9,12H2,1-2H3. The fourth-order valence-corrected chi connectivity index (χ4v) is 4.15. The number of hydrogen-bond acceptors (Lipinski definition) is 8. The van der Waals surface area contributed by atoms with Gasteiger partial charge in [-0.1, -0.05) is 11.3 Å². The Hall–Kier alpha value is -2.29. The van der Waals surface area contributed by atoms with Crippen LogP contribution in [-0.2, 0) is 16.0 Å². The maximum atomic E-state index is 12.5. The number of Topliss-reactive ketones (excluding diaryl/α,β-unsaturated/α-hetero) is 1. The Bertz CT molecular complexity index is 982. The number of aryl methyl sites for hydroxylation is 1. The van der Waals surface area contributed by atoms with Crippen LogP contribution in [0.4, 0.5) is 0 Å². The number of piperidine rings is 1. The summed E-state index contributed by atoms with van der Waals surface area (Å²) in [6.07, 6.45) is 4.39. The van der Waals surface area contributed by atoms with E-state index < -0.39 is 0 Å². The molecule has 0 N–H and O–H groups in total. The van der Waals surface area contributed by atoms with Crippen LogP contribution in [0, 0.1) is 6.92 Å². The summed E-state index contributed by atoms with van der Waals surface area (Å²) in [5, 5.41) is 10.9. The Balaban J connectivity index is 1.44. The molecule has 0 aliphatic carbocycles. The summed E-state index contributed by atoms with van der Waals surface area (Å²) in [5.41, 5.74) is 2.37. The van der Waals surface area contributed by atoms with E-state index in [-0.39, 0.29) is 5.78 Å². The number of carbonyl (C=O) groups excluding carboxylic acids is 1. The number of aromatic nitrogens is 4. The first-order valence-corrected chi connectivity index (χ1v) is 10.3. The van der Waals surface area contributed by atoms with Gasteiger partial charge in [-0.15, -0.1) is 10.2 Å². The average molecular weight is 398 g/mol. The second-order valence-electron chi connectivity index (χ2n) is 7.12. The Morgan fingerprint density at radius 2 is 2.11 bits per heavy atom. The minimum atomic E-state index is 0.179. The number of pyridine rings is 2. The van der Waals surface area contributed by atoms with Crippen molar-refractivity contribution in [2.45, 2.75) is 32.3 Å². The zero-order chi connectivity index (χ0) is 19.5. The molecule has 28 heavy (non-hydrogen) atoms. The second-order valence-corrected chi connectivity index (χ2v) is 8.30. The van der Waals surface area contributed by atoms with Crippen LogP contribution in [0.2, 0.25) is 0 Å². The lowest BCUT2D eigenvalue weighted by atomic mass is 10.1. The highest BCUT2D eigenvalue weighted by Gasteiger charge is 2.20. The van der Waals surface area contributed by atoms with E-state index in [1.165, 1.54) is 11.3 Å². The van der Waals surface area contributed by atoms with E-state index in [1.54, 1.807) is 13.3 Å². The highest BCUT2D eigenvalue weighted by atomic mass is 32.1. The first-order chi connectivity index (χ1) is 13.6. The first kappa shape index (κ1) is 19.0. The molecule has 0 saturated carbocycles. The van der Waals surface area contributed by atoms with Gasteiger partial charge in [0, 0.05) is 37.5 Å². The van der Waals surface area contributed by atoms with Crippen molar-refractivity contribution in [1.29, 1.82) is 0 Å². The summed E-state index contributed by atoms with van der Waals surface area (Å²) in [6, 6.07) is 5.81. The van der Waals surface area contributed by atoms with Gasteiger partial charge in [0.25, 0.3) is 0 Å². The molecule has 4 heterocycles. The number of likely N-dealkylation sites (tertiary alicyclic amines) is 1. The summed E-state index contributed by atoms with van der Waals surface area (Å²) in [6.45, 7) is 4.20. The van der Waals surface area contributed by atoms with Crippen LogP contribution in [-0.4, -0.2) is 63.7 Å². The van der Waals surface area contributed by atoms with Crippen molar-refractivity contribution < 1.29 is 9.53 Å². The number of nitrogens with zero attached hydrogens (tertiary/aromatic N) is 5. The number of rotatable bonds is 6. The van der Waals surface area contributed by atoms with Gasteiger partial charge in [-0.05, 0) is 38.0 Å². The van der Waals surface area contributed by atoms with Crippen LogP contribution in [0.3, 0.4) is 0 Å². The lowest BCUT2D eigenvalue weighted by Gasteiger charge is -2.30. The minimum Gasteiger partial charge on any atom is -0.381 e. The normalized spacial score (nSPS) is 15.9. The molecule has 1 fully saturated rings. The molecule has 1 aliphatic heterocycles. The lowest BCUT2D eigenvalue weighted by Crippen LogP contribution is -2.39. The number of ketones is 1. The molecule has 1 saturated heterocycles. The monoisotopic (exact) mass is 397 g/mol. The molecule has 3 aromatic heterocycles. The molecule has 4 rings (SSSR count). The van der Waals surface area contributed by atoms with Crippen LogP contribution >= 0.6 is 11.3 Å². The molecule has 8 heteroatoms. The Kier molecular flexibility index (Phi) is 5.70. The molecule has 0 aromatic carbocycles. The number of methoxy groups -OCH3 is 1. The van der Waals surface area contributed by atoms with Gasteiger partial charge in [0.05, 0.1) is 24.6 Å². The molecule has 3 aromatic rings. The number of carbonyl (C=O) groups is 1. The fourth-order valence-electron chi connectivity index (χ4n) is 3.48. The summed E-state index contributed by atoms with van der Waals surface area (Å²) < 4.78 is 5.39. The Morgan fingerprint density at radius 1 is 1.29 bits per heavy atom. The van der Waals surface area contributed by atoms with Crippen LogP contribution in [0.15, 0.2) is 24.4 Å². The van der Waals surface area contributed by atoms with E-state index in [9.17, 15) is 4.79 Å². The fraction of sp³-hybridized carbons (Fsp3) is 0.450. The molecular formula is C20H23N5O2S. The van der Waals surface area contributed by atoms with Crippen molar-refractivity contribution in [3.8, 4) is 10.7 Å². The van der Waals surface area contributed by atoms with Crippen molar-refractivity contribution in [3.63, 3.8) is 0 Å². The zero-order valence-corrected chi connectivity index (χ0v) is 16.9. The maximum absolute atomic E-state index is 12.5. The summed E-state index contributed by atoms with van der Waals surface area (Å²) in [7, 11) is 1.75. The molecule has 0 unspecified atom stereocenters. The summed E-state index contributed by atoms with van der Waals surface area (Å²) in [4.78, 5) is 23.9. The Morgan fingerprint density at radius 3 is 2.82 bits per heavy atom. The predicted octanol–water partition coefficient (Wildman–Crippen LogP) is 2.68. The zero-order valence-electron chi connectivity index (χ0n) is 16.1. The highest BCUT2D eigenvalue weighted by Crippen LogP contribution is 2.24. The predicted molar refractivity (Wildman–Crippen MR) is 108 cm³/mol. The maximum Gasteiger partial charge on any atom is 0.166 e. The second kappa shape index (κ2) is 8.38. The highest BCUT2D eigenvalue weighted by molar-refractivity contribution is 7.14. The van der Waals surface area contributed by atoms with Gasteiger partial charge < -0.3 is 4.74 Å². The average Bonchev–Trinajstić information content (AvgIpc) is 3.14. The molecule has 0 amide bonds. The van der Waals surface area contributed by atoms with E-state index in [1.807, 2.05) is 25.1 Å². The molecule has 7 nitrogen and oxygen atoms in total. The largest absolute Gasteiger partial charge is 0.381 e. The third-order valence-corrected chi connectivity index (χ3v) is 5.88. The van der Waals surface area contributed by atoms with E-state index in [2.05, 4.69) is 20.1 Å². The third-order valence-electron chi connectivity index (χ3n) is 5.02. The van der Waals surface area contributed by atoms with Crippen molar-refractivity contribution >= 4 is 28.0 Å². The van der Waals surface area contributed by atoms with Crippen LogP contribution < -0.4 is 0 Å². The van der Waals surface area contributed by atoms with Crippen molar-refractivity contribution in [3.05, 3.63) is 35.1 Å². The van der Waals surface area contributed by atoms with Gasteiger partial charge in [0.15, 0.2) is 10.8 Å². The van der Waals surface area contributed by atoms with Crippen molar-refractivity contribution in [2.75, 3.05) is 26.7 Å². The van der Waals surface area contributed by atoms with Crippen molar-refractivity contribution in [1.82, 2.24) is 25.1 Å². The van der Waals surface area contributed by atoms with E-state index in [0.29, 0.717) is 19.1 Å². The third kappa shape index (κ3) is 4.40. The lowest BCUT2D eigenvalue weighted by molar-refractivity contribution is -0.120. The van der Waals surface area contributed by atoms with Crippen LogP contribution in [0.1, 0.15) is 23.5 Å². The molecule has 0 atom stereocenters. The van der Waals surface area contributed by atoms with Gasteiger partial charge in [-0.3, -0.25) is 14.7 Å². The van der Waals surface area contributed by atoms with E-state index >= 15 is 0 Å². The smallest absolute Gasteiger partial charge is 0.166 e. The van der Waals surface area contributed by atoms with E-state index in [4.69, 9.17) is 9.72 Å². The summed E-state index contributed by atoms with van der Waals surface area (Å²) in [5.74, 6) is 0.179. The van der Waals surface area contributed by atoms with Gasteiger partial charge in [0.2, 0.25) is 0 Å². The molecule has 0 spiro atoms. The number of fused-ring (bicyclic) bond motifs is 1. The van der Waals surface area contributed by atoms with Gasteiger partial charge in [-0.25, -0.2) is 4.98 Å². The number of ether oxygens (including phenoxy) is 1. The van der Waals surface area contributed by atoms with Gasteiger partial charge in [-0.2, -0.15) is 0 Å². The van der Waals surface area contributed by atoms with Gasteiger partial charge >= 0.3 is 0 Å². The number of hydrogen-bond donors (Lipinski definition) is 0. The molecule has 146 valence electrons. The van der Waals surface area contributed by atoms with Crippen LogP contribution in [0.25, 0.3) is 21.6 Å². The Labute approximate surface area is 167 Å². The minimum absolute atomic E-state index is 0.179. The van der Waals surface area contributed by atoms with Gasteiger partial charge in [0.1, 0.15) is 10.7 Å². The molecule has 0 radical (unpaired) electrons. The SMILES string of the molecule is COC1CCN(CC(=O)Cc2cc3nc(-c4nnc(C)s4)ccc3cn2)CC1. The van der Waals surface area contributed by atoms with Crippen LogP contribution in [0.5, 0.6) is 0 Å². The topological polar surface area (TPSA) is 81.1 Å². The molecule has 0 bridgehead atoms.